The number of piperidine rings is 1. The largest absolute Gasteiger partial charge is 0.385 e. The van der Waals surface area contributed by atoms with Gasteiger partial charge in [-0.05, 0) is 37.3 Å². The van der Waals surface area contributed by atoms with Crippen LogP contribution in [0.25, 0.3) is 10.9 Å². The number of carbonyl (C=O) groups excluding carboxylic acids is 1. The van der Waals surface area contributed by atoms with E-state index in [4.69, 9.17) is 4.74 Å². The van der Waals surface area contributed by atoms with E-state index in [0.29, 0.717) is 29.8 Å². The average molecular weight is 373 g/mol. The summed E-state index contributed by atoms with van der Waals surface area (Å²) < 4.78 is 7.68. The van der Waals surface area contributed by atoms with Gasteiger partial charge >= 0.3 is 5.69 Å². The molecule has 1 saturated heterocycles. The van der Waals surface area contributed by atoms with E-state index in [0.717, 1.165) is 25.9 Å². The SMILES string of the molecule is COCCCn1c(=O)c2ccccc2n(CC(=O)N2CCC(C)CC2)c1=O. The topological polar surface area (TPSA) is 73.5 Å². The van der Waals surface area contributed by atoms with Crippen LogP contribution in [0.3, 0.4) is 0 Å². The number of rotatable bonds is 6. The molecule has 2 heterocycles. The van der Waals surface area contributed by atoms with Gasteiger partial charge in [0.25, 0.3) is 5.56 Å². The summed E-state index contributed by atoms with van der Waals surface area (Å²) in [6.07, 6.45) is 2.53. The Kier molecular flexibility index (Phi) is 6.11. The van der Waals surface area contributed by atoms with Crippen molar-refractivity contribution in [3.05, 3.63) is 45.1 Å². The second kappa shape index (κ2) is 8.52. The number of amides is 1. The molecular weight excluding hydrogens is 346 g/mol. The van der Waals surface area contributed by atoms with Gasteiger partial charge in [-0.15, -0.1) is 0 Å². The van der Waals surface area contributed by atoms with Crippen LogP contribution < -0.4 is 11.2 Å². The zero-order valence-corrected chi connectivity index (χ0v) is 16.0. The standard InChI is InChI=1S/C20H27N3O4/c1-15-8-11-21(12-9-15)18(24)14-23-17-7-4-3-6-16(17)19(25)22(20(23)26)10-5-13-27-2/h3-4,6-7,15H,5,8-14H2,1-2H3. The Morgan fingerprint density at radius 2 is 1.85 bits per heavy atom. The highest BCUT2D eigenvalue weighted by molar-refractivity contribution is 5.81. The highest BCUT2D eigenvalue weighted by atomic mass is 16.5. The predicted octanol–water partition coefficient (Wildman–Crippen LogP) is 1.46. The van der Waals surface area contributed by atoms with Crippen molar-refractivity contribution < 1.29 is 9.53 Å². The number of hydrogen-bond donors (Lipinski definition) is 0. The van der Waals surface area contributed by atoms with Gasteiger partial charge in [0.1, 0.15) is 6.54 Å². The van der Waals surface area contributed by atoms with Crippen LogP contribution in [-0.2, 0) is 22.6 Å². The first-order valence-corrected chi connectivity index (χ1v) is 9.52. The summed E-state index contributed by atoms with van der Waals surface area (Å²) in [5.41, 5.74) is -0.245. The fourth-order valence-corrected chi connectivity index (χ4v) is 3.58. The van der Waals surface area contributed by atoms with Gasteiger partial charge in [-0.2, -0.15) is 0 Å². The van der Waals surface area contributed by atoms with Crippen molar-refractivity contribution in [2.24, 2.45) is 5.92 Å². The first kappa shape index (κ1) is 19.4. The number of methoxy groups -OCH3 is 1. The third-order valence-corrected chi connectivity index (χ3v) is 5.29. The fraction of sp³-hybridized carbons (Fsp3) is 0.550. The summed E-state index contributed by atoms with van der Waals surface area (Å²) in [7, 11) is 1.58. The fourth-order valence-electron chi connectivity index (χ4n) is 3.58. The smallest absolute Gasteiger partial charge is 0.331 e. The molecule has 0 saturated carbocycles. The highest BCUT2D eigenvalue weighted by Gasteiger charge is 2.22. The molecule has 7 heteroatoms. The molecular formula is C20H27N3O4. The molecule has 1 fully saturated rings. The number of nitrogens with zero attached hydrogens (tertiary/aromatic N) is 3. The van der Waals surface area contributed by atoms with Crippen LogP contribution in [-0.4, -0.2) is 46.7 Å². The van der Waals surface area contributed by atoms with Crippen molar-refractivity contribution in [3.8, 4) is 0 Å². The van der Waals surface area contributed by atoms with Crippen LogP contribution in [0, 0.1) is 5.92 Å². The Morgan fingerprint density at radius 1 is 1.15 bits per heavy atom. The summed E-state index contributed by atoms with van der Waals surface area (Å²) in [5, 5.41) is 0.453. The van der Waals surface area contributed by atoms with Gasteiger partial charge in [-0.3, -0.25) is 18.7 Å². The molecule has 0 N–H and O–H groups in total. The molecule has 0 aliphatic carbocycles. The molecule has 3 rings (SSSR count). The third-order valence-electron chi connectivity index (χ3n) is 5.29. The number of carbonyl (C=O) groups is 1. The van der Waals surface area contributed by atoms with Crippen molar-refractivity contribution in [2.45, 2.75) is 39.3 Å². The first-order valence-electron chi connectivity index (χ1n) is 9.52. The third kappa shape index (κ3) is 4.13. The van der Waals surface area contributed by atoms with Gasteiger partial charge < -0.3 is 9.64 Å². The molecule has 1 aliphatic rings. The van der Waals surface area contributed by atoms with E-state index in [1.807, 2.05) is 4.90 Å². The number of benzene rings is 1. The Balaban J connectivity index is 1.97. The summed E-state index contributed by atoms with van der Waals surface area (Å²) in [6.45, 7) is 4.32. The van der Waals surface area contributed by atoms with Crippen LogP contribution in [0.4, 0.5) is 0 Å². The van der Waals surface area contributed by atoms with E-state index in [2.05, 4.69) is 6.92 Å². The molecule has 27 heavy (non-hydrogen) atoms. The molecule has 7 nitrogen and oxygen atoms in total. The zero-order valence-electron chi connectivity index (χ0n) is 16.0. The van der Waals surface area contributed by atoms with E-state index >= 15 is 0 Å². The van der Waals surface area contributed by atoms with Crippen LogP contribution in [0.2, 0.25) is 0 Å². The molecule has 146 valence electrons. The minimum Gasteiger partial charge on any atom is -0.385 e. The lowest BCUT2D eigenvalue weighted by Gasteiger charge is -2.30. The van der Waals surface area contributed by atoms with Gasteiger partial charge in [0.2, 0.25) is 5.91 Å². The van der Waals surface area contributed by atoms with Crippen molar-refractivity contribution in [1.29, 1.82) is 0 Å². The minimum absolute atomic E-state index is 0.0434. The maximum atomic E-state index is 13.0. The van der Waals surface area contributed by atoms with Gasteiger partial charge in [0.05, 0.1) is 10.9 Å². The van der Waals surface area contributed by atoms with E-state index in [1.54, 1.807) is 31.4 Å². The maximum Gasteiger partial charge on any atom is 0.331 e. The van der Waals surface area contributed by atoms with E-state index < -0.39 is 5.69 Å². The summed E-state index contributed by atoms with van der Waals surface area (Å²) in [4.78, 5) is 40.3. The van der Waals surface area contributed by atoms with Gasteiger partial charge in [0, 0.05) is 33.4 Å². The van der Waals surface area contributed by atoms with Gasteiger partial charge in [-0.1, -0.05) is 19.1 Å². The Hall–Kier alpha value is -2.41. The number of fused-ring (bicyclic) bond motifs is 1. The predicted molar refractivity (Wildman–Crippen MR) is 104 cm³/mol. The summed E-state index contributed by atoms with van der Waals surface area (Å²) in [5.74, 6) is 0.552. The normalized spacial score (nSPS) is 15.4. The first-order chi connectivity index (χ1) is 13.0. The van der Waals surface area contributed by atoms with Crippen molar-refractivity contribution >= 4 is 16.8 Å². The minimum atomic E-state index is -0.437. The zero-order chi connectivity index (χ0) is 19.4. The molecule has 0 spiro atoms. The molecule has 0 atom stereocenters. The number of aromatic nitrogens is 2. The molecule has 1 amide bonds. The van der Waals surface area contributed by atoms with Crippen LogP contribution >= 0.6 is 0 Å². The Bertz CT molecular complexity index is 923. The van der Waals surface area contributed by atoms with Gasteiger partial charge in [0.15, 0.2) is 0 Å². The Labute approximate surface area is 158 Å². The molecule has 0 bridgehead atoms. The second-order valence-electron chi connectivity index (χ2n) is 7.25. The molecule has 2 aromatic rings. The number of para-hydroxylation sites is 1. The van der Waals surface area contributed by atoms with Crippen LogP contribution in [0.1, 0.15) is 26.2 Å². The van der Waals surface area contributed by atoms with E-state index in [9.17, 15) is 14.4 Å². The summed E-state index contributed by atoms with van der Waals surface area (Å²) >= 11 is 0. The monoisotopic (exact) mass is 373 g/mol. The number of ether oxygens (including phenoxy) is 1. The molecule has 1 aromatic carbocycles. The number of likely N-dealkylation sites (tertiary alicyclic amines) is 1. The van der Waals surface area contributed by atoms with Crippen molar-refractivity contribution in [2.75, 3.05) is 26.8 Å². The molecule has 1 aliphatic heterocycles. The van der Waals surface area contributed by atoms with Crippen molar-refractivity contribution in [3.63, 3.8) is 0 Å². The van der Waals surface area contributed by atoms with E-state index in [1.165, 1.54) is 9.13 Å². The summed E-state index contributed by atoms with van der Waals surface area (Å²) in [6, 6.07) is 6.97. The molecule has 0 radical (unpaired) electrons. The second-order valence-corrected chi connectivity index (χ2v) is 7.25. The van der Waals surface area contributed by atoms with E-state index in [-0.39, 0.29) is 24.6 Å². The lowest BCUT2D eigenvalue weighted by atomic mass is 9.99. The lowest BCUT2D eigenvalue weighted by Crippen LogP contribution is -2.45. The highest BCUT2D eigenvalue weighted by Crippen LogP contribution is 2.16. The van der Waals surface area contributed by atoms with Crippen LogP contribution in [0.5, 0.6) is 0 Å². The van der Waals surface area contributed by atoms with Gasteiger partial charge in [-0.25, -0.2) is 4.79 Å². The lowest BCUT2D eigenvalue weighted by molar-refractivity contribution is -0.133. The average Bonchev–Trinajstić information content (AvgIpc) is 2.68. The number of hydrogen-bond acceptors (Lipinski definition) is 4. The van der Waals surface area contributed by atoms with Crippen molar-refractivity contribution in [1.82, 2.24) is 14.0 Å². The Morgan fingerprint density at radius 3 is 2.56 bits per heavy atom. The molecule has 1 aromatic heterocycles. The van der Waals surface area contributed by atoms with Crippen LogP contribution in [0.15, 0.2) is 33.9 Å². The molecule has 0 unspecified atom stereocenters. The quantitative estimate of drug-likeness (QED) is 0.719. The maximum absolute atomic E-state index is 13.0.